The van der Waals surface area contributed by atoms with Gasteiger partial charge in [-0.1, -0.05) is 29.8 Å². The molecular weight excluding hydrogens is 420 g/mol. The maximum Gasteiger partial charge on any atom is 0.243 e. The lowest BCUT2D eigenvalue weighted by Gasteiger charge is -2.31. The monoisotopic (exact) mass is 446 g/mol. The number of aryl methyl sites for hydroxylation is 2. The molecule has 1 heterocycles. The first-order valence-electron chi connectivity index (χ1n) is 10.6. The lowest BCUT2D eigenvalue weighted by molar-refractivity contribution is -0.126. The van der Waals surface area contributed by atoms with Gasteiger partial charge in [0.25, 0.3) is 0 Å². The Balaban J connectivity index is 1.35. The molecule has 0 atom stereocenters. The number of nitrogens with zero attached hydrogens (tertiary/aromatic N) is 1. The number of hydrogen-bond donors (Lipinski definition) is 1. The van der Waals surface area contributed by atoms with Crippen LogP contribution in [0.1, 0.15) is 42.4 Å². The Labute approximate surface area is 183 Å². The molecule has 2 aromatic rings. The van der Waals surface area contributed by atoms with Crippen molar-refractivity contribution >= 4 is 27.5 Å². The molecule has 1 aliphatic heterocycles. The van der Waals surface area contributed by atoms with Crippen LogP contribution in [0.2, 0.25) is 5.02 Å². The Morgan fingerprint density at radius 3 is 2.50 bits per heavy atom. The summed E-state index contributed by atoms with van der Waals surface area (Å²) in [6.07, 6.45) is 5.34. The molecule has 1 aliphatic carbocycles. The SMILES string of the molecule is O=C(NCc1cccc(Cl)c1)C1CCN(S(=O)(=O)c2ccc3c(c2)CCCC3)CC1. The van der Waals surface area contributed by atoms with E-state index in [1.165, 1.54) is 16.3 Å². The molecule has 0 radical (unpaired) electrons. The molecule has 5 nitrogen and oxygen atoms in total. The van der Waals surface area contributed by atoms with E-state index < -0.39 is 10.0 Å². The number of halogens is 1. The molecule has 1 saturated heterocycles. The van der Waals surface area contributed by atoms with Crippen molar-refractivity contribution in [3.8, 4) is 0 Å². The predicted octanol–water partition coefficient (Wildman–Crippen LogP) is 3.94. The lowest BCUT2D eigenvalue weighted by Crippen LogP contribution is -2.42. The second kappa shape index (κ2) is 9.08. The van der Waals surface area contributed by atoms with Gasteiger partial charge in [0.05, 0.1) is 4.90 Å². The van der Waals surface area contributed by atoms with Crippen molar-refractivity contribution < 1.29 is 13.2 Å². The highest BCUT2D eigenvalue weighted by Crippen LogP contribution is 2.28. The third kappa shape index (κ3) is 4.71. The summed E-state index contributed by atoms with van der Waals surface area (Å²) in [6.45, 7) is 1.16. The average Bonchev–Trinajstić information content (AvgIpc) is 2.77. The van der Waals surface area contributed by atoms with Crippen molar-refractivity contribution in [2.24, 2.45) is 5.92 Å². The van der Waals surface area contributed by atoms with Crippen molar-refractivity contribution in [3.05, 3.63) is 64.2 Å². The van der Waals surface area contributed by atoms with Gasteiger partial charge >= 0.3 is 0 Å². The van der Waals surface area contributed by atoms with Gasteiger partial charge in [0, 0.05) is 30.6 Å². The van der Waals surface area contributed by atoms with Crippen molar-refractivity contribution in [1.82, 2.24) is 9.62 Å². The maximum atomic E-state index is 13.1. The normalized spacial score (nSPS) is 18.0. The summed E-state index contributed by atoms with van der Waals surface area (Å²) in [5.74, 6) is -0.194. The van der Waals surface area contributed by atoms with Crippen molar-refractivity contribution in [1.29, 1.82) is 0 Å². The summed E-state index contributed by atoms with van der Waals surface area (Å²) in [6, 6.07) is 13.0. The first-order valence-corrected chi connectivity index (χ1v) is 12.4. The van der Waals surface area contributed by atoms with Crippen LogP contribution in [0.3, 0.4) is 0 Å². The first-order chi connectivity index (χ1) is 14.4. The van der Waals surface area contributed by atoms with Crippen LogP contribution in [-0.4, -0.2) is 31.7 Å². The molecule has 2 aromatic carbocycles. The number of piperidine rings is 1. The largest absolute Gasteiger partial charge is 0.352 e. The van der Waals surface area contributed by atoms with Gasteiger partial charge in [-0.3, -0.25) is 4.79 Å². The molecule has 4 rings (SSSR count). The summed E-state index contributed by atoms with van der Waals surface area (Å²) in [5.41, 5.74) is 3.39. The quantitative estimate of drug-likeness (QED) is 0.756. The number of amides is 1. The summed E-state index contributed by atoms with van der Waals surface area (Å²) >= 11 is 5.98. The Hall–Kier alpha value is -1.89. The van der Waals surface area contributed by atoms with Gasteiger partial charge < -0.3 is 5.32 Å². The smallest absolute Gasteiger partial charge is 0.243 e. The molecule has 1 amide bonds. The molecule has 30 heavy (non-hydrogen) atoms. The number of carbonyl (C=O) groups is 1. The van der Waals surface area contributed by atoms with Gasteiger partial charge in [-0.25, -0.2) is 8.42 Å². The van der Waals surface area contributed by atoms with Gasteiger partial charge in [0.1, 0.15) is 0 Å². The number of rotatable bonds is 5. The second-order valence-corrected chi connectivity index (χ2v) is 10.5. The second-order valence-electron chi connectivity index (χ2n) is 8.16. The fourth-order valence-electron chi connectivity index (χ4n) is 4.36. The van der Waals surface area contributed by atoms with E-state index in [-0.39, 0.29) is 11.8 Å². The highest BCUT2D eigenvalue weighted by atomic mass is 35.5. The summed E-state index contributed by atoms with van der Waals surface area (Å²) < 4.78 is 27.7. The number of sulfonamides is 1. The third-order valence-corrected chi connectivity index (χ3v) is 8.27. The van der Waals surface area contributed by atoms with Crippen LogP contribution in [0.25, 0.3) is 0 Å². The van der Waals surface area contributed by atoms with E-state index in [0.717, 1.165) is 30.4 Å². The Morgan fingerprint density at radius 2 is 1.77 bits per heavy atom. The number of hydrogen-bond acceptors (Lipinski definition) is 3. The Kier molecular flexibility index (Phi) is 6.46. The highest BCUT2D eigenvalue weighted by Gasteiger charge is 2.32. The maximum absolute atomic E-state index is 13.1. The van der Waals surface area contributed by atoms with E-state index in [1.807, 2.05) is 30.3 Å². The molecule has 7 heteroatoms. The Morgan fingerprint density at radius 1 is 1.03 bits per heavy atom. The van der Waals surface area contributed by atoms with E-state index in [2.05, 4.69) is 5.32 Å². The third-order valence-electron chi connectivity index (χ3n) is 6.14. The van der Waals surface area contributed by atoms with E-state index in [0.29, 0.717) is 42.4 Å². The van der Waals surface area contributed by atoms with Crippen molar-refractivity contribution in [2.45, 2.75) is 50.0 Å². The molecule has 0 spiro atoms. The van der Waals surface area contributed by atoms with Gasteiger partial charge in [0.15, 0.2) is 0 Å². The molecule has 1 fully saturated rings. The Bertz CT molecular complexity index is 1030. The van der Waals surface area contributed by atoms with Gasteiger partial charge in [-0.05, 0) is 79.5 Å². The minimum Gasteiger partial charge on any atom is -0.352 e. The van der Waals surface area contributed by atoms with Gasteiger partial charge in [0.2, 0.25) is 15.9 Å². The van der Waals surface area contributed by atoms with E-state index in [1.54, 1.807) is 12.1 Å². The zero-order valence-electron chi connectivity index (χ0n) is 16.9. The molecule has 0 aromatic heterocycles. The van der Waals surface area contributed by atoms with Crippen LogP contribution in [0.5, 0.6) is 0 Å². The number of nitrogens with one attached hydrogen (secondary N) is 1. The highest BCUT2D eigenvalue weighted by molar-refractivity contribution is 7.89. The van der Waals surface area contributed by atoms with E-state index >= 15 is 0 Å². The number of fused-ring (bicyclic) bond motifs is 1. The van der Waals surface area contributed by atoms with E-state index in [9.17, 15) is 13.2 Å². The molecule has 0 unspecified atom stereocenters. The lowest BCUT2D eigenvalue weighted by atomic mass is 9.92. The van der Waals surface area contributed by atoms with Crippen LogP contribution >= 0.6 is 11.6 Å². The molecule has 1 N–H and O–H groups in total. The molecule has 0 saturated carbocycles. The van der Waals surface area contributed by atoms with Crippen LogP contribution < -0.4 is 5.32 Å². The van der Waals surface area contributed by atoms with Crippen LogP contribution in [0, 0.1) is 5.92 Å². The summed E-state index contributed by atoms with van der Waals surface area (Å²) in [4.78, 5) is 12.9. The van der Waals surface area contributed by atoms with Crippen molar-refractivity contribution in [3.63, 3.8) is 0 Å². The van der Waals surface area contributed by atoms with Gasteiger partial charge in [-0.15, -0.1) is 0 Å². The van der Waals surface area contributed by atoms with Crippen LogP contribution in [-0.2, 0) is 34.2 Å². The van der Waals surface area contributed by atoms with E-state index in [4.69, 9.17) is 11.6 Å². The topological polar surface area (TPSA) is 66.5 Å². The zero-order chi connectivity index (χ0) is 21.1. The average molecular weight is 447 g/mol. The standard InChI is InChI=1S/C23H27ClN2O3S/c24-21-7-3-4-17(14-21)16-25-23(27)19-10-12-26(13-11-19)30(28,29)22-9-8-18-5-1-2-6-20(18)15-22/h3-4,7-9,14-15,19H,1-2,5-6,10-13,16H2,(H,25,27). The summed E-state index contributed by atoms with van der Waals surface area (Å²) in [5, 5.41) is 3.59. The molecule has 0 bridgehead atoms. The van der Waals surface area contributed by atoms with Gasteiger partial charge in [-0.2, -0.15) is 4.31 Å². The molecule has 2 aliphatic rings. The number of carbonyl (C=O) groups excluding carboxylic acids is 1. The molecular formula is C23H27ClN2O3S. The minimum atomic E-state index is -3.52. The summed E-state index contributed by atoms with van der Waals surface area (Å²) in [7, 11) is -3.52. The fraction of sp³-hybridized carbons (Fsp3) is 0.435. The molecule has 160 valence electrons. The fourth-order valence-corrected chi connectivity index (χ4v) is 6.09. The van der Waals surface area contributed by atoms with Crippen LogP contribution in [0.4, 0.5) is 0 Å². The van der Waals surface area contributed by atoms with Crippen LogP contribution in [0.15, 0.2) is 47.4 Å². The first kappa shape index (κ1) is 21.3. The van der Waals surface area contributed by atoms with Crippen molar-refractivity contribution in [2.75, 3.05) is 13.1 Å². The minimum absolute atomic E-state index is 0.0270. The zero-order valence-corrected chi connectivity index (χ0v) is 18.5. The number of benzene rings is 2. The predicted molar refractivity (Wildman–Crippen MR) is 118 cm³/mol.